The topological polar surface area (TPSA) is 101 Å². The molecule has 24 heavy (non-hydrogen) atoms. The molecule has 1 heterocycles. The van der Waals surface area contributed by atoms with Crippen molar-refractivity contribution in [3.8, 4) is 0 Å². The smallest absolute Gasteiger partial charge is 0.293 e. The monoisotopic (exact) mass is 330 g/mol. The number of anilines is 1. The molecule has 1 aliphatic carbocycles. The summed E-state index contributed by atoms with van der Waals surface area (Å²) in [5.74, 6) is 0.535. The lowest BCUT2D eigenvalue weighted by Crippen LogP contribution is -2.16. The van der Waals surface area contributed by atoms with Gasteiger partial charge < -0.3 is 10.3 Å². The minimum atomic E-state index is -0.452. The molecule has 1 aliphatic rings. The molecule has 0 amide bonds. The number of nitrogens with zero attached hydrogens (tertiary/aromatic N) is 2. The Morgan fingerprint density at radius 3 is 2.62 bits per heavy atom. The van der Waals surface area contributed by atoms with Crippen LogP contribution in [0.3, 0.4) is 0 Å². The van der Waals surface area contributed by atoms with E-state index < -0.39 is 4.92 Å². The van der Waals surface area contributed by atoms with Crippen molar-refractivity contribution in [1.82, 2.24) is 9.97 Å². The second kappa shape index (κ2) is 7.42. The van der Waals surface area contributed by atoms with Crippen molar-refractivity contribution < 1.29 is 4.92 Å². The molecule has 0 spiro atoms. The van der Waals surface area contributed by atoms with Crippen LogP contribution in [0.1, 0.15) is 44.9 Å². The Balaban J connectivity index is 1.83. The number of rotatable bonds is 4. The Bertz CT molecular complexity index is 779. The number of H-pyrrole nitrogens is 1. The Hall–Kier alpha value is -2.44. The van der Waals surface area contributed by atoms with Gasteiger partial charge in [0, 0.05) is 12.6 Å². The normalized spacial score (nSPS) is 16.5. The van der Waals surface area contributed by atoms with Gasteiger partial charge in [0.2, 0.25) is 0 Å². The van der Waals surface area contributed by atoms with Crippen molar-refractivity contribution in [2.75, 3.05) is 11.9 Å². The molecule has 0 atom stereocenters. The van der Waals surface area contributed by atoms with Crippen LogP contribution < -0.4 is 10.9 Å². The van der Waals surface area contributed by atoms with E-state index in [1.165, 1.54) is 44.5 Å². The second-order valence-corrected chi connectivity index (χ2v) is 6.47. The van der Waals surface area contributed by atoms with E-state index in [0.717, 1.165) is 19.4 Å². The minimum Gasteiger partial charge on any atom is -0.379 e. The molecule has 0 unspecified atom stereocenters. The quantitative estimate of drug-likeness (QED) is 0.659. The summed E-state index contributed by atoms with van der Waals surface area (Å²) in [5, 5.41) is 14.8. The van der Waals surface area contributed by atoms with Crippen molar-refractivity contribution in [3.05, 3.63) is 38.9 Å². The summed E-state index contributed by atoms with van der Waals surface area (Å²) < 4.78 is 0. The molecule has 1 aromatic heterocycles. The van der Waals surface area contributed by atoms with Crippen LogP contribution in [0, 0.1) is 16.0 Å². The van der Waals surface area contributed by atoms with Crippen LogP contribution in [-0.4, -0.2) is 21.4 Å². The van der Waals surface area contributed by atoms with E-state index in [2.05, 4.69) is 15.3 Å². The first kappa shape index (κ1) is 16.4. The van der Waals surface area contributed by atoms with Crippen molar-refractivity contribution in [2.45, 2.75) is 44.9 Å². The molecular weight excluding hydrogens is 308 g/mol. The molecule has 0 aliphatic heterocycles. The maximum Gasteiger partial charge on any atom is 0.293 e. The predicted molar refractivity (Wildman–Crippen MR) is 93.3 cm³/mol. The van der Waals surface area contributed by atoms with E-state index in [-0.39, 0.29) is 16.6 Å². The van der Waals surface area contributed by atoms with E-state index in [1.807, 2.05) is 0 Å². The third kappa shape index (κ3) is 3.72. The zero-order valence-corrected chi connectivity index (χ0v) is 13.6. The van der Waals surface area contributed by atoms with Gasteiger partial charge in [-0.05, 0) is 24.8 Å². The van der Waals surface area contributed by atoms with Gasteiger partial charge in [-0.15, -0.1) is 0 Å². The number of nitro benzene ring substituents is 1. The predicted octanol–water partition coefficient (Wildman–Crippen LogP) is 3.60. The molecule has 2 aromatic rings. The fraction of sp³-hybridized carbons (Fsp3) is 0.529. The molecule has 0 bridgehead atoms. The van der Waals surface area contributed by atoms with E-state index in [9.17, 15) is 14.9 Å². The van der Waals surface area contributed by atoms with Crippen molar-refractivity contribution in [3.63, 3.8) is 0 Å². The van der Waals surface area contributed by atoms with Crippen LogP contribution in [0.25, 0.3) is 10.9 Å². The van der Waals surface area contributed by atoms with Crippen molar-refractivity contribution in [1.29, 1.82) is 0 Å². The fourth-order valence-corrected chi connectivity index (χ4v) is 3.40. The molecular formula is C17H22N4O3. The van der Waals surface area contributed by atoms with Gasteiger partial charge in [0.25, 0.3) is 11.2 Å². The summed E-state index contributed by atoms with van der Waals surface area (Å²) in [6.45, 7) is 0.718. The van der Waals surface area contributed by atoms with Gasteiger partial charge in [-0.1, -0.05) is 32.1 Å². The zero-order valence-electron chi connectivity index (χ0n) is 13.6. The van der Waals surface area contributed by atoms with Gasteiger partial charge in [-0.25, -0.2) is 4.98 Å². The third-order valence-electron chi connectivity index (χ3n) is 4.76. The Kier molecular flexibility index (Phi) is 5.08. The Labute approximate surface area is 139 Å². The number of aromatic nitrogens is 2. The van der Waals surface area contributed by atoms with Crippen LogP contribution in [0.5, 0.6) is 0 Å². The summed E-state index contributed by atoms with van der Waals surface area (Å²) in [4.78, 5) is 29.3. The summed E-state index contributed by atoms with van der Waals surface area (Å²) in [5.41, 5.74) is 0.457. The maximum atomic E-state index is 11.8. The van der Waals surface area contributed by atoms with Crippen LogP contribution in [0.15, 0.2) is 23.3 Å². The highest BCUT2D eigenvalue weighted by molar-refractivity contribution is 5.86. The number of fused-ring (bicyclic) bond motifs is 1. The average Bonchev–Trinajstić information content (AvgIpc) is 2.53. The molecule has 0 radical (unpaired) electrons. The molecule has 0 saturated heterocycles. The molecule has 7 heteroatoms. The fourth-order valence-electron chi connectivity index (χ4n) is 3.40. The Morgan fingerprint density at radius 1 is 1.21 bits per heavy atom. The number of benzene rings is 1. The van der Waals surface area contributed by atoms with Crippen molar-refractivity contribution in [2.24, 2.45) is 5.92 Å². The summed E-state index contributed by atoms with van der Waals surface area (Å²) in [7, 11) is 0. The highest BCUT2D eigenvalue weighted by Gasteiger charge is 2.18. The van der Waals surface area contributed by atoms with Gasteiger partial charge in [0.1, 0.15) is 5.69 Å². The molecule has 128 valence electrons. The third-order valence-corrected chi connectivity index (χ3v) is 4.76. The first-order chi connectivity index (χ1) is 11.6. The van der Waals surface area contributed by atoms with Crippen LogP contribution in [0.2, 0.25) is 0 Å². The minimum absolute atomic E-state index is 0.0770. The number of nitro groups is 1. The summed E-state index contributed by atoms with van der Waals surface area (Å²) in [6, 6.07) is 2.91. The van der Waals surface area contributed by atoms with Crippen molar-refractivity contribution >= 4 is 22.3 Å². The molecule has 1 aromatic carbocycles. The first-order valence-electron chi connectivity index (χ1n) is 8.55. The molecule has 1 fully saturated rings. The van der Waals surface area contributed by atoms with Gasteiger partial charge in [0.05, 0.1) is 22.2 Å². The molecule has 3 rings (SSSR count). The molecule has 7 nitrogen and oxygen atoms in total. The summed E-state index contributed by atoms with van der Waals surface area (Å²) >= 11 is 0. The van der Waals surface area contributed by atoms with Crippen LogP contribution >= 0.6 is 0 Å². The van der Waals surface area contributed by atoms with E-state index in [1.54, 1.807) is 6.07 Å². The SMILES string of the molecule is O=c1[nH]cnc2cc(NCC3CCCCCCC3)c([N+](=O)[O-])cc12. The van der Waals surface area contributed by atoms with Crippen LogP contribution in [-0.2, 0) is 0 Å². The van der Waals surface area contributed by atoms with Gasteiger partial charge in [0.15, 0.2) is 0 Å². The zero-order chi connectivity index (χ0) is 16.9. The number of aromatic amines is 1. The lowest BCUT2D eigenvalue weighted by atomic mass is 9.91. The average molecular weight is 330 g/mol. The highest BCUT2D eigenvalue weighted by Crippen LogP contribution is 2.29. The molecule has 2 N–H and O–H groups in total. The first-order valence-corrected chi connectivity index (χ1v) is 8.55. The highest BCUT2D eigenvalue weighted by atomic mass is 16.6. The lowest BCUT2D eigenvalue weighted by Gasteiger charge is -2.20. The lowest BCUT2D eigenvalue weighted by molar-refractivity contribution is -0.383. The Morgan fingerprint density at radius 2 is 1.92 bits per heavy atom. The number of nitrogens with one attached hydrogen (secondary N) is 2. The second-order valence-electron chi connectivity index (χ2n) is 6.47. The number of hydrogen-bond acceptors (Lipinski definition) is 5. The standard InChI is InChI=1S/C17H22N4O3/c22-17-13-8-16(21(23)24)15(9-14(13)19-11-20-17)18-10-12-6-4-2-1-3-5-7-12/h8-9,11-12,18H,1-7,10H2,(H,19,20,22). The molecule has 1 saturated carbocycles. The summed E-state index contributed by atoms with van der Waals surface area (Å²) in [6.07, 6.45) is 9.95. The van der Waals surface area contributed by atoms with Gasteiger partial charge in [-0.3, -0.25) is 14.9 Å². The largest absolute Gasteiger partial charge is 0.379 e. The van der Waals surface area contributed by atoms with Gasteiger partial charge in [-0.2, -0.15) is 0 Å². The van der Waals surface area contributed by atoms with E-state index in [4.69, 9.17) is 0 Å². The number of hydrogen-bond donors (Lipinski definition) is 2. The maximum absolute atomic E-state index is 11.8. The van der Waals surface area contributed by atoms with Gasteiger partial charge >= 0.3 is 0 Å². The van der Waals surface area contributed by atoms with E-state index >= 15 is 0 Å². The van der Waals surface area contributed by atoms with Crippen LogP contribution in [0.4, 0.5) is 11.4 Å². The van der Waals surface area contributed by atoms with E-state index in [0.29, 0.717) is 17.1 Å².